The maximum atomic E-state index is 11.8. The first-order valence-electron chi connectivity index (χ1n) is 5.36. The number of nitrogens with zero attached hydrogens (tertiary/aromatic N) is 1. The maximum absolute atomic E-state index is 11.8. The average molecular weight is 232 g/mol. The molecular weight excluding hydrogens is 212 g/mol. The summed E-state index contributed by atoms with van der Waals surface area (Å²) in [5.74, 6) is 0.895. The minimum Gasteiger partial charge on any atom is -0.391 e. The van der Waals surface area contributed by atoms with E-state index in [1.807, 2.05) is 6.26 Å². The summed E-state index contributed by atoms with van der Waals surface area (Å²) in [4.78, 5) is 13.5. The van der Waals surface area contributed by atoms with E-state index in [-0.39, 0.29) is 12.0 Å². The predicted molar refractivity (Wildman–Crippen MR) is 62.8 cm³/mol. The summed E-state index contributed by atoms with van der Waals surface area (Å²) in [5.41, 5.74) is 5.79. The largest absolute Gasteiger partial charge is 0.391 e. The molecule has 1 rings (SSSR count). The first-order valence-corrected chi connectivity index (χ1v) is 6.76. The van der Waals surface area contributed by atoms with E-state index in [4.69, 9.17) is 5.73 Å². The van der Waals surface area contributed by atoms with E-state index in [0.29, 0.717) is 13.0 Å². The summed E-state index contributed by atoms with van der Waals surface area (Å²) in [6.07, 6.45) is 4.02. The van der Waals surface area contributed by atoms with Crippen LogP contribution in [0, 0.1) is 0 Å². The van der Waals surface area contributed by atoms with Crippen molar-refractivity contribution < 1.29 is 9.90 Å². The van der Waals surface area contributed by atoms with Gasteiger partial charge in [0.25, 0.3) is 0 Å². The number of rotatable bonds is 4. The van der Waals surface area contributed by atoms with Crippen molar-refractivity contribution in [2.75, 3.05) is 25.1 Å². The van der Waals surface area contributed by atoms with Gasteiger partial charge >= 0.3 is 0 Å². The Morgan fingerprint density at radius 3 is 3.07 bits per heavy atom. The Labute approximate surface area is 95.2 Å². The molecule has 1 fully saturated rings. The molecule has 4 nitrogen and oxygen atoms in total. The molecule has 1 heterocycles. The number of hydrogen-bond donors (Lipinski definition) is 2. The Bertz CT molecular complexity index is 214. The number of nitrogens with two attached hydrogens (primary N) is 1. The minimum atomic E-state index is -0.400. The molecule has 1 amide bonds. The van der Waals surface area contributed by atoms with Gasteiger partial charge in [0.1, 0.15) is 0 Å². The third-order valence-electron chi connectivity index (χ3n) is 2.66. The zero-order chi connectivity index (χ0) is 11.3. The molecule has 0 spiro atoms. The normalized spacial score (nSPS) is 23.9. The molecule has 0 radical (unpaired) electrons. The molecule has 0 aromatic carbocycles. The summed E-state index contributed by atoms with van der Waals surface area (Å²) in [5, 5.41) is 9.45. The highest BCUT2D eigenvalue weighted by Crippen LogP contribution is 2.11. The van der Waals surface area contributed by atoms with E-state index in [1.165, 1.54) is 0 Å². The molecule has 3 N–H and O–H groups in total. The number of aliphatic hydroxyl groups is 1. The number of carbonyl (C=O) groups is 1. The standard InChI is InChI=1S/C10H20N2O2S/c1-15-6-4-9(11)10(14)12-5-2-3-8(13)7-12/h8-9,13H,2-7,11H2,1H3/t8?,9-/m1/s1. The summed E-state index contributed by atoms with van der Waals surface area (Å²) in [6.45, 7) is 1.19. The van der Waals surface area contributed by atoms with Crippen LogP contribution in [0.25, 0.3) is 0 Å². The second-order valence-corrected chi connectivity index (χ2v) is 4.95. The van der Waals surface area contributed by atoms with Gasteiger partial charge in [-0.3, -0.25) is 4.79 Å². The van der Waals surface area contributed by atoms with Gasteiger partial charge in [-0.2, -0.15) is 11.8 Å². The first kappa shape index (κ1) is 12.8. The van der Waals surface area contributed by atoms with Crippen molar-refractivity contribution in [3.63, 3.8) is 0 Å². The Morgan fingerprint density at radius 2 is 2.47 bits per heavy atom. The summed E-state index contributed by atoms with van der Waals surface area (Å²) in [6, 6.07) is -0.400. The van der Waals surface area contributed by atoms with Crippen molar-refractivity contribution >= 4 is 17.7 Å². The number of amides is 1. The summed E-state index contributed by atoms with van der Waals surface area (Å²) >= 11 is 1.69. The molecule has 15 heavy (non-hydrogen) atoms. The molecular formula is C10H20N2O2S. The Balaban J connectivity index is 2.37. The van der Waals surface area contributed by atoms with Crippen LogP contribution in [0.2, 0.25) is 0 Å². The minimum absolute atomic E-state index is 0.0113. The molecule has 0 aliphatic carbocycles. The number of piperidine rings is 1. The topological polar surface area (TPSA) is 66.6 Å². The van der Waals surface area contributed by atoms with E-state index >= 15 is 0 Å². The van der Waals surface area contributed by atoms with Crippen LogP contribution in [0.4, 0.5) is 0 Å². The zero-order valence-electron chi connectivity index (χ0n) is 9.19. The van der Waals surface area contributed by atoms with Crippen LogP contribution in [-0.4, -0.2) is 53.2 Å². The molecule has 1 saturated heterocycles. The van der Waals surface area contributed by atoms with E-state index in [9.17, 15) is 9.90 Å². The SMILES string of the molecule is CSCC[C@@H](N)C(=O)N1CCCC(O)C1. The van der Waals surface area contributed by atoms with Crippen LogP contribution in [-0.2, 0) is 4.79 Å². The van der Waals surface area contributed by atoms with Crippen LogP contribution in [0.1, 0.15) is 19.3 Å². The van der Waals surface area contributed by atoms with Gasteiger partial charge in [-0.05, 0) is 31.3 Å². The monoisotopic (exact) mass is 232 g/mol. The van der Waals surface area contributed by atoms with Crippen molar-refractivity contribution in [3.8, 4) is 0 Å². The fourth-order valence-corrected chi connectivity index (χ4v) is 2.25. The fourth-order valence-electron chi connectivity index (χ4n) is 1.76. The molecule has 1 unspecified atom stereocenters. The second-order valence-electron chi connectivity index (χ2n) is 3.97. The van der Waals surface area contributed by atoms with Crippen molar-refractivity contribution in [2.24, 2.45) is 5.73 Å². The smallest absolute Gasteiger partial charge is 0.239 e. The zero-order valence-corrected chi connectivity index (χ0v) is 10.0. The molecule has 88 valence electrons. The van der Waals surface area contributed by atoms with Crippen LogP contribution in [0.5, 0.6) is 0 Å². The number of likely N-dealkylation sites (tertiary alicyclic amines) is 1. The Kier molecular flexibility index (Phi) is 5.42. The highest BCUT2D eigenvalue weighted by molar-refractivity contribution is 7.98. The van der Waals surface area contributed by atoms with Crippen molar-refractivity contribution in [3.05, 3.63) is 0 Å². The van der Waals surface area contributed by atoms with Crippen molar-refractivity contribution in [2.45, 2.75) is 31.4 Å². The molecule has 5 heteroatoms. The van der Waals surface area contributed by atoms with Crippen LogP contribution < -0.4 is 5.73 Å². The lowest BCUT2D eigenvalue weighted by Gasteiger charge is -2.31. The number of β-amino-alcohol motifs (C(OH)–C–C–N with tert-alkyl or cyclic N) is 1. The molecule has 0 aromatic rings. The molecule has 0 aromatic heterocycles. The predicted octanol–water partition coefficient (Wildman–Crippen LogP) is 0.0501. The Morgan fingerprint density at radius 1 is 1.73 bits per heavy atom. The average Bonchev–Trinajstić information content (AvgIpc) is 2.24. The third kappa shape index (κ3) is 4.01. The van der Waals surface area contributed by atoms with Gasteiger partial charge in [0.15, 0.2) is 0 Å². The first-order chi connectivity index (χ1) is 7.15. The number of hydrogen-bond acceptors (Lipinski definition) is 4. The van der Waals surface area contributed by atoms with Gasteiger partial charge in [0.2, 0.25) is 5.91 Å². The lowest BCUT2D eigenvalue weighted by Crippen LogP contribution is -2.49. The van der Waals surface area contributed by atoms with Crippen molar-refractivity contribution in [1.82, 2.24) is 4.90 Å². The fraction of sp³-hybridized carbons (Fsp3) is 0.900. The van der Waals surface area contributed by atoms with E-state index in [1.54, 1.807) is 16.7 Å². The van der Waals surface area contributed by atoms with Gasteiger partial charge in [0, 0.05) is 13.1 Å². The molecule has 1 aliphatic rings. The lowest BCUT2D eigenvalue weighted by atomic mass is 10.1. The number of aliphatic hydroxyl groups excluding tert-OH is 1. The summed E-state index contributed by atoms with van der Waals surface area (Å²) in [7, 11) is 0. The van der Waals surface area contributed by atoms with Crippen LogP contribution in [0.3, 0.4) is 0 Å². The Hall–Kier alpha value is -0.260. The van der Waals surface area contributed by atoms with Gasteiger partial charge in [-0.15, -0.1) is 0 Å². The molecule has 0 bridgehead atoms. The third-order valence-corrected chi connectivity index (χ3v) is 3.30. The van der Waals surface area contributed by atoms with Gasteiger partial charge in [-0.1, -0.05) is 0 Å². The van der Waals surface area contributed by atoms with Gasteiger partial charge in [-0.25, -0.2) is 0 Å². The summed E-state index contributed by atoms with van der Waals surface area (Å²) < 4.78 is 0. The van der Waals surface area contributed by atoms with Crippen LogP contribution >= 0.6 is 11.8 Å². The van der Waals surface area contributed by atoms with Gasteiger partial charge in [0.05, 0.1) is 12.1 Å². The molecule has 2 atom stereocenters. The quantitative estimate of drug-likeness (QED) is 0.719. The highest BCUT2D eigenvalue weighted by Gasteiger charge is 2.25. The second kappa shape index (κ2) is 6.35. The number of carbonyl (C=O) groups excluding carboxylic acids is 1. The molecule has 1 aliphatic heterocycles. The van der Waals surface area contributed by atoms with E-state index < -0.39 is 6.04 Å². The van der Waals surface area contributed by atoms with Crippen molar-refractivity contribution in [1.29, 1.82) is 0 Å². The van der Waals surface area contributed by atoms with Gasteiger partial charge < -0.3 is 15.7 Å². The number of thioether (sulfide) groups is 1. The maximum Gasteiger partial charge on any atom is 0.239 e. The lowest BCUT2D eigenvalue weighted by molar-refractivity contribution is -0.135. The highest BCUT2D eigenvalue weighted by atomic mass is 32.2. The molecule has 0 saturated carbocycles. The van der Waals surface area contributed by atoms with Crippen LogP contribution in [0.15, 0.2) is 0 Å². The van der Waals surface area contributed by atoms with E-state index in [2.05, 4.69) is 0 Å². The van der Waals surface area contributed by atoms with E-state index in [0.717, 1.165) is 25.1 Å².